The summed E-state index contributed by atoms with van der Waals surface area (Å²) in [6.45, 7) is 6.71. The molecule has 0 aromatic rings. The molecule has 0 saturated carbocycles. The predicted octanol–water partition coefficient (Wildman–Crippen LogP) is 20.3. The molecule has 6 nitrogen and oxygen atoms in total. The Labute approximate surface area is 449 Å². The van der Waals surface area contributed by atoms with Gasteiger partial charge in [-0.1, -0.05) is 229 Å². The van der Waals surface area contributed by atoms with E-state index >= 15 is 0 Å². The van der Waals surface area contributed by atoms with E-state index in [2.05, 4.69) is 132 Å². The van der Waals surface area contributed by atoms with Crippen molar-refractivity contribution in [3.8, 4) is 0 Å². The summed E-state index contributed by atoms with van der Waals surface area (Å²) < 4.78 is 16.7. The van der Waals surface area contributed by atoms with Crippen molar-refractivity contribution in [2.75, 3.05) is 0 Å². The second-order valence-corrected chi connectivity index (χ2v) is 22.0. The van der Waals surface area contributed by atoms with E-state index in [-0.39, 0.29) is 0 Å². The van der Waals surface area contributed by atoms with Gasteiger partial charge in [0.1, 0.15) is 0 Å². The summed E-state index contributed by atoms with van der Waals surface area (Å²) in [4.78, 5) is 39.6. The Morgan fingerprint density at radius 1 is 0.314 bits per heavy atom. The first-order valence-electron chi connectivity index (χ1n) is 28.7. The quantitative estimate of drug-likeness (QED) is 0.0244. The molecule has 0 fully saturated rings. The first-order valence-corrected chi connectivity index (χ1v) is 31.3. The van der Waals surface area contributed by atoms with Crippen LogP contribution in [0.15, 0.2) is 72.9 Å². The molecule has 0 rings (SSSR count). The lowest BCUT2D eigenvalue weighted by Gasteiger charge is -2.20. The minimum atomic E-state index is -2.62. The Morgan fingerprint density at radius 2 is 0.514 bits per heavy atom. The molecular formula is C60H105O6PS3. The SMILES string of the molecule is CCCCC/C=C\C/C=C\CCCCCCCCC(S)C(=O)OP(OC(=O)C(S)CCCCCCCC/C=C\C/C=C\CCCCC)OC(=O)C(S)CCCCCCCC/C=C\C/C=C\CCCCC. The van der Waals surface area contributed by atoms with Gasteiger partial charge in [0.25, 0.3) is 0 Å². The molecule has 10 heteroatoms. The van der Waals surface area contributed by atoms with E-state index in [0.29, 0.717) is 19.3 Å². The molecule has 0 saturated heterocycles. The van der Waals surface area contributed by atoms with Gasteiger partial charge < -0.3 is 13.6 Å². The van der Waals surface area contributed by atoms with Crippen molar-refractivity contribution in [3.05, 3.63) is 72.9 Å². The first-order chi connectivity index (χ1) is 34.3. The maximum Gasteiger partial charge on any atom is 0.537 e. The van der Waals surface area contributed by atoms with Crippen LogP contribution in [0.2, 0.25) is 0 Å². The molecule has 0 bridgehead atoms. The zero-order valence-corrected chi connectivity index (χ0v) is 48.6. The molecular weight excluding hydrogens is 944 g/mol. The average molecular weight is 1050 g/mol. The van der Waals surface area contributed by atoms with Gasteiger partial charge in [0.15, 0.2) is 0 Å². The van der Waals surface area contributed by atoms with Crippen LogP contribution in [0.1, 0.15) is 271 Å². The minimum Gasteiger partial charge on any atom is -0.374 e. The van der Waals surface area contributed by atoms with Crippen LogP contribution in [0.25, 0.3) is 0 Å². The summed E-state index contributed by atoms with van der Waals surface area (Å²) in [6, 6.07) is 0. The molecule has 0 aliphatic rings. The third-order valence-corrected chi connectivity index (χ3v) is 14.7. The smallest absolute Gasteiger partial charge is 0.374 e. The summed E-state index contributed by atoms with van der Waals surface area (Å²) in [5.74, 6) is -1.96. The Morgan fingerprint density at radius 3 is 0.743 bits per heavy atom. The molecule has 3 unspecified atom stereocenters. The van der Waals surface area contributed by atoms with Crippen LogP contribution in [0.4, 0.5) is 0 Å². The summed E-state index contributed by atoms with van der Waals surface area (Å²) in [6.07, 6.45) is 69.9. The van der Waals surface area contributed by atoms with Gasteiger partial charge >= 0.3 is 26.5 Å². The molecule has 404 valence electrons. The maximum absolute atomic E-state index is 13.2. The molecule has 0 aromatic carbocycles. The van der Waals surface area contributed by atoms with Gasteiger partial charge in [-0.05, 0) is 116 Å². The minimum absolute atomic E-state index is 0.521. The molecule has 0 spiro atoms. The number of carbonyl (C=O) groups excluding carboxylic acids is 3. The highest BCUT2D eigenvalue weighted by Crippen LogP contribution is 2.43. The summed E-state index contributed by atoms with van der Waals surface area (Å²) in [7, 11) is -2.62. The van der Waals surface area contributed by atoms with Crippen LogP contribution in [0.3, 0.4) is 0 Å². The third-order valence-electron chi connectivity index (χ3n) is 12.3. The van der Waals surface area contributed by atoms with Gasteiger partial charge in [-0.25, -0.2) is 0 Å². The second-order valence-electron chi connectivity index (χ2n) is 19.1. The predicted molar refractivity (Wildman–Crippen MR) is 315 cm³/mol. The molecule has 0 aromatic heterocycles. The molecule has 0 aliphatic carbocycles. The zero-order valence-electron chi connectivity index (χ0n) is 45.0. The lowest BCUT2D eigenvalue weighted by atomic mass is 10.1. The molecule has 70 heavy (non-hydrogen) atoms. The summed E-state index contributed by atoms with van der Waals surface area (Å²) in [5.41, 5.74) is 0. The highest BCUT2D eigenvalue weighted by Gasteiger charge is 2.33. The van der Waals surface area contributed by atoms with Gasteiger partial charge in [0.2, 0.25) is 0 Å². The van der Waals surface area contributed by atoms with E-state index < -0.39 is 42.3 Å². The number of thiol groups is 3. The Hall–Kier alpha value is -1.67. The van der Waals surface area contributed by atoms with Gasteiger partial charge in [0, 0.05) is 0 Å². The van der Waals surface area contributed by atoms with E-state index in [1.54, 1.807) is 0 Å². The van der Waals surface area contributed by atoms with Crippen LogP contribution in [0, 0.1) is 0 Å². The topological polar surface area (TPSA) is 78.9 Å². The Balaban J connectivity index is 4.76. The van der Waals surface area contributed by atoms with Crippen molar-refractivity contribution in [2.45, 2.75) is 287 Å². The second kappa shape index (κ2) is 55.1. The fourth-order valence-corrected chi connectivity index (χ4v) is 9.68. The van der Waals surface area contributed by atoms with Crippen molar-refractivity contribution in [1.29, 1.82) is 0 Å². The van der Waals surface area contributed by atoms with Crippen LogP contribution >= 0.6 is 46.5 Å². The fraction of sp³-hybridized carbons (Fsp3) is 0.750. The van der Waals surface area contributed by atoms with Crippen molar-refractivity contribution in [3.63, 3.8) is 0 Å². The highest BCUT2D eigenvalue weighted by atomic mass is 32.1. The molecule has 0 radical (unpaired) electrons. The van der Waals surface area contributed by atoms with Crippen molar-refractivity contribution < 1.29 is 28.0 Å². The van der Waals surface area contributed by atoms with Crippen molar-refractivity contribution in [1.82, 2.24) is 0 Å². The van der Waals surface area contributed by atoms with Gasteiger partial charge in [0.05, 0.1) is 15.7 Å². The fourth-order valence-electron chi connectivity index (χ4n) is 7.79. The lowest BCUT2D eigenvalue weighted by Crippen LogP contribution is -2.23. The van der Waals surface area contributed by atoms with Gasteiger partial charge in [-0.2, -0.15) is 37.9 Å². The first kappa shape index (κ1) is 68.3. The molecule has 0 aliphatic heterocycles. The van der Waals surface area contributed by atoms with Gasteiger partial charge in [-0.3, -0.25) is 14.4 Å². The van der Waals surface area contributed by atoms with Crippen LogP contribution in [0.5, 0.6) is 0 Å². The lowest BCUT2D eigenvalue weighted by molar-refractivity contribution is -0.142. The summed E-state index contributed by atoms with van der Waals surface area (Å²) in [5, 5.41) is -2.16. The van der Waals surface area contributed by atoms with E-state index in [4.69, 9.17) is 13.6 Å². The Bertz CT molecular complexity index is 1220. The normalized spacial score (nSPS) is 14.0. The molecule has 0 amide bonds. The molecule has 0 heterocycles. The van der Waals surface area contributed by atoms with Crippen LogP contribution in [-0.4, -0.2) is 33.7 Å². The number of hydrogen-bond donors (Lipinski definition) is 3. The van der Waals surface area contributed by atoms with E-state index in [1.165, 1.54) is 116 Å². The average Bonchev–Trinajstić information content (AvgIpc) is 3.35. The molecule has 0 N–H and O–H groups in total. The van der Waals surface area contributed by atoms with E-state index in [1.807, 2.05) is 0 Å². The van der Waals surface area contributed by atoms with Crippen molar-refractivity contribution >= 4 is 64.4 Å². The Kier molecular flexibility index (Phi) is 53.8. The standard InChI is InChI=1S/C60H105O6PS3/c1-4-7-10-13-16-19-22-25-28-31-34-37-40-43-46-49-52-55(68)58(61)64-67(65-59(62)56(69)53-50-47-44-41-38-35-32-29-26-23-20-17-14-11-8-5-2)66-60(63)57(70)54-51-48-45-42-39-36-33-30-27-24-21-18-15-12-9-6-3/h16-21,25-30,55-57,68-70H,4-15,22-24,31-54H2,1-3H3/b19-16-,20-17-,21-18-,28-25-,29-26-,30-27-. The highest BCUT2D eigenvalue weighted by molar-refractivity contribution is 7.82. The molecule has 3 atom stereocenters. The number of unbranched alkanes of at least 4 members (excludes halogenated alkanes) is 27. The van der Waals surface area contributed by atoms with Crippen LogP contribution < -0.4 is 0 Å². The van der Waals surface area contributed by atoms with E-state index in [0.717, 1.165) is 116 Å². The number of hydrogen-bond acceptors (Lipinski definition) is 9. The van der Waals surface area contributed by atoms with Crippen molar-refractivity contribution in [2.24, 2.45) is 0 Å². The largest absolute Gasteiger partial charge is 0.537 e. The zero-order chi connectivity index (χ0) is 51.2. The van der Waals surface area contributed by atoms with Crippen LogP contribution in [-0.2, 0) is 28.0 Å². The van der Waals surface area contributed by atoms with E-state index in [9.17, 15) is 14.4 Å². The third kappa shape index (κ3) is 48.6. The van der Waals surface area contributed by atoms with Gasteiger partial charge in [-0.15, -0.1) is 0 Å². The summed E-state index contributed by atoms with van der Waals surface area (Å²) >= 11 is 13.6. The monoisotopic (exact) mass is 1050 g/mol. The maximum atomic E-state index is 13.2. The number of allylic oxidation sites excluding steroid dienone is 12. The number of carbonyl (C=O) groups is 3. The number of rotatable bonds is 51.